The van der Waals surface area contributed by atoms with Gasteiger partial charge in [0.25, 0.3) is 0 Å². The Morgan fingerprint density at radius 1 is 1.28 bits per heavy atom. The minimum Gasteiger partial charge on any atom is -0.481 e. The molecule has 0 aromatic heterocycles. The van der Waals surface area contributed by atoms with Gasteiger partial charge in [0.1, 0.15) is 0 Å². The summed E-state index contributed by atoms with van der Waals surface area (Å²) in [5.74, 6) is -8.34. The lowest BCUT2D eigenvalue weighted by molar-refractivity contribution is -0.261. The van der Waals surface area contributed by atoms with E-state index in [1.807, 2.05) is 0 Å². The van der Waals surface area contributed by atoms with E-state index in [-0.39, 0.29) is 0 Å². The monoisotopic (exact) mass is 292 g/mol. The highest BCUT2D eigenvalue weighted by molar-refractivity contribution is 6.30. The predicted octanol–water partition coefficient (Wildman–Crippen LogP) is 3.66. The van der Waals surface area contributed by atoms with E-state index in [4.69, 9.17) is 16.7 Å². The molecule has 1 aliphatic rings. The first kappa shape index (κ1) is 15.2. The lowest BCUT2D eigenvalue weighted by Gasteiger charge is -2.18. The van der Waals surface area contributed by atoms with Crippen LogP contribution in [0.15, 0.2) is 11.1 Å². The molecule has 18 heavy (non-hydrogen) atoms. The van der Waals surface area contributed by atoms with Crippen LogP contribution in [0.1, 0.15) is 13.8 Å². The fourth-order valence-electron chi connectivity index (χ4n) is 1.86. The number of hydrogen-bond acceptors (Lipinski definition) is 1. The molecule has 1 aliphatic carbocycles. The summed E-state index contributed by atoms with van der Waals surface area (Å²) >= 11 is 4.99. The quantitative estimate of drug-likeness (QED) is 0.806. The van der Waals surface area contributed by atoms with Gasteiger partial charge in [-0.25, -0.2) is 0 Å². The number of carbonyl (C=O) groups is 1. The molecule has 2 nitrogen and oxygen atoms in total. The Hall–Kier alpha value is -0.850. The molecule has 104 valence electrons. The molecule has 0 aromatic rings. The molecule has 0 bridgehead atoms. The summed E-state index contributed by atoms with van der Waals surface area (Å²) in [4.78, 5) is 10.7. The van der Waals surface area contributed by atoms with E-state index in [0.29, 0.717) is 6.08 Å². The van der Waals surface area contributed by atoms with E-state index in [1.165, 1.54) is 13.8 Å². The molecular formula is C10H10ClF5O2. The van der Waals surface area contributed by atoms with E-state index in [2.05, 4.69) is 0 Å². The second kappa shape index (κ2) is 4.08. The highest BCUT2D eigenvalue weighted by Crippen LogP contribution is 2.60. The predicted molar refractivity (Wildman–Crippen MR) is 53.3 cm³/mol. The molecular weight excluding hydrogens is 283 g/mol. The zero-order valence-electron chi connectivity index (χ0n) is 9.36. The average Bonchev–Trinajstić information content (AvgIpc) is 2.65. The first-order chi connectivity index (χ1) is 7.83. The number of carboxylic acid groups (broad SMARTS) is 1. The molecule has 0 heterocycles. The van der Waals surface area contributed by atoms with Crippen LogP contribution in [0.4, 0.5) is 22.0 Å². The Kier molecular flexibility index (Phi) is 3.45. The van der Waals surface area contributed by atoms with Crippen LogP contribution in [-0.4, -0.2) is 23.2 Å². The van der Waals surface area contributed by atoms with Crippen molar-refractivity contribution < 1.29 is 31.9 Å². The van der Waals surface area contributed by atoms with Crippen molar-refractivity contribution in [2.45, 2.75) is 25.9 Å². The van der Waals surface area contributed by atoms with Gasteiger partial charge in [0.2, 0.25) is 0 Å². The van der Waals surface area contributed by atoms with Gasteiger partial charge < -0.3 is 5.11 Å². The van der Waals surface area contributed by atoms with Crippen LogP contribution in [0.2, 0.25) is 0 Å². The topological polar surface area (TPSA) is 37.3 Å². The van der Waals surface area contributed by atoms with Crippen LogP contribution in [0.3, 0.4) is 0 Å². The summed E-state index contributed by atoms with van der Waals surface area (Å²) in [5, 5.41) is 7.07. The zero-order chi connectivity index (χ0) is 14.5. The third-order valence-corrected chi connectivity index (χ3v) is 3.52. The third-order valence-electron chi connectivity index (χ3n) is 3.16. The maximum absolute atomic E-state index is 12.8. The van der Waals surface area contributed by atoms with E-state index < -0.39 is 40.4 Å². The molecule has 0 unspecified atom stereocenters. The molecule has 0 saturated heterocycles. The van der Waals surface area contributed by atoms with Crippen molar-refractivity contribution in [3.05, 3.63) is 11.1 Å². The Balaban J connectivity index is 2.97. The van der Waals surface area contributed by atoms with Gasteiger partial charge in [0.05, 0.1) is 11.0 Å². The highest BCUT2D eigenvalue weighted by atomic mass is 35.5. The Morgan fingerprint density at radius 3 is 2.00 bits per heavy atom. The average molecular weight is 293 g/mol. The summed E-state index contributed by atoms with van der Waals surface area (Å²) in [5.41, 5.74) is -0.881. The van der Waals surface area contributed by atoms with E-state index in [9.17, 15) is 26.7 Å². The van der Waals surface area contributed by atoms with Crippen molar-refractivity contribution in [2.24, 2.45) is 17.3 Å². The van der Waals surface area contributed by atoms with Crippen LogP contribution >= 0.6 is 11.6 Å². The number of rotatable bonds is 3. The first-order valence-corrected chi connectivity index (χ1v) is 5.26. The number of alkyl halides is 5. The number of allylic oxidation sites excluding steroid dienone is 2. The maximum Gasteiger partial charge on any atom is 0.459 e. The van der Waals surface area contributed by atoms with Crippen LogP contribution in [0.5, 0.6) is 0 Å². The standard InChI is InChI=1S/C10H10ClF5O2/c1-8(2)4(6(8)7(17)18)3-5(11)9(12,13)10(14,15)16/h3-4,6H,1-2H3,(H,17,18)/t4-,6+/m0/s1. The molecule has 1 rings (SSSR count). The normalized spacial score (nSPS) is 28.1. The summed E-state index contributed by atoms with van der Waals surface area (Å²) in [6.45, 7) is 2.92. The van der Waals surface area contributed by atoms with Gasteiger partial charge >= 0.3 is 18.1 Å². The Morgan fingerprint density at radius 2 is 1.72 bits per heavy atom. The zero-order valence-corrected chi connectivity index (χ0v) is 10.1. The molecule has 0 spiro atoms. The number of carboxylic acids is 1. The summed E-state index contributed by atoms with van der Waals surface area (Å²) in [6.07, 6.45) is -5.30. The number of halogens is 6. The van der Waals surface area contributed by atoms with Crippen molar-refractivity contribution >= 4 is 17.6 Å². The minimum absolute atomic E-state index is 0.494. The third kappa shape index (κ3) is 2.32. The van der Waals surface area contributed by atoms with Gasteiger partial charge in [-0.3, -0.25) is 4.79 Å². The lowest BCUT2D eigenvalue weighted by atomic mass is 10.1. The molecule has 0 aromatic carbocycles. The first-order valence-electron chi connectivity index (χ1n) is 4.88. The fraction of sp³-hybridized carbons (Fsp3) is 0.700. The van der Waals surface area contributed by atoms with E-state index >= 15 is 0 Å². The second-order valence-electron chi connectivity index (χ2n) is 4.75. The minimum atomic E-state index is -5.79. The largest absolute Gasteiger partial charge is 0.481 e. The van der Waals surface area contributed by atoms with Crippen LogP contribution < -0.4 is 0 Å². The van der Waals surface area contributed by atoms with Crippen molar-refractivity contribution in [1.29, 1.82) is 0 Å². The summed E-state index contributed by atoms with van der Waals surface area (Å²) in [6, 6.07) is 0. The van der Waals surface area contributed by atoms with Crippen LogP contribution in [0.25, 0.3) is 0 Å². The van der Waals surface area contributed by atoms with Gasteiger partial charge in [-0.05, 0) is 11.3 Å². The number of hydrogen-bond donors (Lipinski definition) is 1. The molecule has 1 N–H and O–H groups in total. The van der Waals surface area contributed by atoms with Gasteiger partial charge in [0, 0.05) is 0 Å². The highest BCUT2D eigenvalue weighted by Gasteiger charge is 2.64. The van der Waals surface area contributed by atoms with Gasteiger partial charge in [-0.2, -0.15) is 22.0 Å². The smallest absolute Gasteiger partial charge is 0.459 e. The van der Waals surface area contributed by atoms with Crippen molar-refractivity contribution in [3.8, 4) is 0 Å². The molecule has 1 fully saturated rings. The summed E-state index contributed by atoms with van der Waals surface area (Å²) < 4.78 is 61.7. The molecule has 0 amide bonds. The fourth-order valence-corrected chi connectivity index (χ4v) is 2.10. The van der Waals surface area contributed by atoms with Crippen molar-refractivity contribution in [2.75, 3.05) is 0 Å². The molecule has 1 saturated carbocycles. The number of aliphatic carboxylic acids is 1. The van der Waals surface area contributed by atoms with Gasteiger partial charge in [-0.15, -0.1) is 0 Å². The molecule has 0 aliphatic heterocycles. The molecule has 0 radical (unpaired) electrons. The van der Waals surface area contributed by atoms with Crippen LogP contribution in [-0.2, 0) is 4.79 Å². The van der Waals surface area contributed by atoms with Gasteiger partial charge in [0.15, 0.2) is 0 Å². The van der Waals surface area contributed by atoms with E-state index in [0.717, 1.165) is 0 Å². The Labute approximate surface area is 104 Å². The van der Waals surface area contributed by atoms with E-state index in [1.54, 1.807) is 0 Å². The van der Waals surface area contributed by atoms with Crippen molar-refractivity contribution in [3.63, 3.8) is 0 Å². The van der Waals surface area contributed by atoms with Crippen LogP contribution in [0, 0.1) is 17.3 Å². The SMILES string of the molecule is CC1(C)[C@@H](C=C(Cl)C(F)(F)C(F)(F)F)[C@@H]1C(=O)O. The molecule has 8 heteroatoms. The second-order valence-corrected chi connectivity index (χ2v) is 5.16. The van der Waals surface area contributed by atoms with Crippen molar-refractivity contribution in [1.82, 2.24) is 0 Å². The lowest BCUT2D eigenvalue weighted by Crippen LogP contribution is -2.36. The maximum atomic E-state index is 12.8. The summed E-state index contributed by atoms with van der Waals surface area (Å²) in [7, 11) is 0. The van der Waals surface area contributed by atoms with Gasteiger partial charge in [-0.1, -0.05) is 31.5 Å². The molecule has 2 atom stereocenters. The Bertz CT molecular complexity index is 400.